The number of aryl methyl sites for hydroxylation is 2. The number of hydrogen-bond acceptors (Lipinski definition) is 12. The van der Waals surface area contributed by atoms with Crippen LogP contribution in [0.2, 0.25) is 5.02 Å². The molecule has 3 fully saturated rings. The van der Waals surface area contributed by atoms with Crippen LogP contribution in [0.5, 0.6) is 0 Å². The largest absolute Gasteiger partial charge is 0.417 e. The van der Waals surface area contributed by atoms with Crippen molar-refractivity contribution in [2.45, 2.75) is 205 Å². The molecule has 11 atom stereocenters. The summed E-state index contributed by atoms with van der Waals surface area (Å²) < 4.78 is 57.9. The van der Waals surface area contributed by atoms with Crippen LogP contribution in [-0.4, -0.2) is 251 Å². The Morgan fingerprint density at radius 2 is 1.27 bits per heavy atom. The van der Waals surface area contributed by atoms with Gasteiger partial charge in [0.1, 0.15) is 65.7 Å². The molecule has 105 heavy (non-hydrogen) atoms. The zero-order valence-electron chi connectivity index (χ0n) is 63.7. The number of rotatable bonds is 14. The number of hydrogen-bond donors (Lipinski definition) is 3. The molecular formula is C76H107ClF4N12O12. The van der Waals surface area contributed by atoms with Crippen LogP contribution in [-0.2, 0) is 83.0 Å². The van der Waals surface area contributed by atoms with E-state index in [9.17, 15) is 46.7 Å². The van der Waals surface area contributed by atoms with E-state index in [2.05, 4.69) is 16.0 Å². The number of carbonyl (C=O) groups is 12. The number of likely N-dealkylation sites (N-methyl/N-ethyl adjacent to an activating group) is 8. The van der Waals surface area contributed by atoms with Gasteiger partial charge in [-0.15, -0.1) is 0 Å². The first-order chi connectivity index (χ1) is 49.1. The average molecular weight is 1490 g/mol. The van der Waals surface area contributed by atoms with Gasteiger partial charge in [-0.2, -0.15) is 13.2 Å². The van der Waals surface area contributed by atoms with Crippen molar-refractivity contribution < 1.29 is 75.1 Å². The number of nitrogens with zero attached hydrogens (tertiary/aromatic N) is 9. The summed E-state index contributed by atoms with van der Waals surface area (Å²) in [6.07, 6.45) is -4.91. The number of amides is 12. The molecule has 3 aromatic rings. The Morgan fingerprint density at radius 1 is 0.667 bits per heavy atom. The fraction of sp³-hybridized carbons (Fsp3) is 0.605. The van der Waals surface area contributed by atoms with Crippen LogP contribution in [0.4, 0.5) is 17.6 Å². The van der Waals surface area contributed by atoms with E-state index in [1.807, 2.05) is 39.8 Å². The van der Waals surface area contributed by atoms with E-state index in [4.69, 9.17) is 11.6 Å². The van der Waals surface area contributed by atoms with Gasteiger partial charge < -0.3 is 60.0 Å². The molecule has 1 saturated carbocycles. The highest BCUT2D eigenvalue weighted by Gasteiger charge is 2.51. The van der Waals surface area contributed by atoms with Gasteiger partial charge in [0.05, 0.1) is 23.6 Å². The molecule has 578 valence electrons. The highest BCUT2D eigenvalue weighted by Crippen LogP contribution is 2.37. The van der Waals surface area contributed by atoms with Crippen molar-refractivity contribution in [2.75, 3.05) is 76.5 Å². The first-order valence-electron chi connectivity index (χ1n) is 36.1. The van der Waals surface area contributed by atoms with Gasteiger partial charge in [0.25, 0.3) is 0 Å². The number of carbonyl (C=O) groups excluding carboxylic acids is 12. The van der Waals surface area contributed by atoms with Crippen LogP contribution in [0.3, 0.4) is 0 Å². The molecule has 12 amide bonds. The third-order valence-electron chi connectivity index (χ3n) is 21.4. The number of alkyl halides is 3. The van der Waals surface area contributed by atoms with E-state index in [-0.39, 0.29) is 68.5 Å². The van der Waals surface area contributed by atoms with Gasteiger partial charge in [-0.25, -0.2) is 4.39 Å². The summed E-state index contributed by atoms with van der Waals surface area (Å²) in [5, 5.41) is 7.86. The van der Waals surface area contributed by atoms with Crippen molar-refractivity contribution in [2.24, 2.45) is 17.8 Å². The molecule has 3 aromatic carbocycles. The molecule has 3 aliphatic rings. The zero-order valence-corrected chi connectivity index (χ0v) is 64.5. The fourth-order valence-corrected chi connectivity index (χ4v) is 14.3. The van der Waals surface area contributed by atoms with Crippen LogP contribution in [0, 0.1) is 30.5 Å². The molecule has 3 N–H and O–H groups in total. The Hall–Kier alpha value is -8.69. The van der Waals surface area contributed by atoms with Gasteiger partial charge in [0.2, 0.25) is 70.9 Å². The normalized spacial score (nSPS) is 24.8. The highest BCUT2D eigenvalue weighted by atomic mass is 35.5. The lowest BCUT2D eigenvalue weighted by Gasteiger charge is -2.45. The van der Waals surface area contributed by atoms with Gasteiger partial charge >= 0.3 is 6.18 Å². The van der Waals surface area contributed by atoms with Gasteiger partial charge in [-0.3, -0.25) is 57.5 Å². The molecule has 1 spiro atoms. The molecule has 0 aromatic heterocycles. The molecule has 2 saturated heterocycles. The third kappa shape index (κ3) is 20.5. The molecular weight excluding hydrogens is 1380 g/mol. The highest BCUT2D eigenvalue weighted by molar-refractivity contribution is 6.31. The maximum atomic E-state index is 16.0. The van der Waals surface area contributed by atoms with Crippen molar-refractivity contribution in [1.82, 2.24) is 60.0 Å². The standard InChI is InChI=1S/C76H107ClF4N12O12/c1-18-46(6)63-72(103)87(12)48(8)67(98)93-37-34-56(93)71(102)90(15)59(40-50-28-26-45(5)27-29-50)70(101)86(11)43-61(94)82-55(33-31-49-30-32-52(53(77)39-49)76(79,80)81)68(99)89(14)58(41-51-24-20-21-25-54(51)78)66(97)84-75(35-22-23-36-75)74(105)92(17)64(47(7)19-2)73(104)91(16)60(69(100)85(9)10)42-62(95)88(13)57(38-44(3)4)65(96)83-63/h20-21,24-30,32,39,44,46-48,55-60,63-64H,18-19,22-23,31,33-38,40-43H2,1-17H3,(H,82,94)(H,83,96)(H,84,97)/t46-,47-,48-,55-,56?,57-,58-,59-,60-,63-,64-/m0/s1. The predicted octanol–water partition coefficient (Wildman–Crippen LogP) is 6.29. The van der Waals surface area contributed by atoms with Crippen LogP contribution in [0.15, 0.2) is 66.7 Å². The number of fused-ring (bicyclic) bond motifs is 1. The van der Waals surface area contributed by atoms with Gasteiger partial charge in [-0.05, 0) is 105 Å². The minimum Gasteiger partial charge on any atom is -0.347 e. The molecule has 24 nitrogen and oxygen atoms in total. The molecule has 1 unspecified atom stereocenters. The molecule has 2 heterocycles. The van der Waals surface area contributed by atoms with Crippen LogP contribution >= 0.6 is 11.6 Å². The zero-order chi connectivity index (χ0) is 78.6. The number of halogens is 5. The van der Waals surface area contributed by atoms with Crippen molar-refractivity contribution in [3.63, 3.8) is 0 Å². The Bertz CT molecular complexity index is 3670. The summed E-state index contributed by atoms with van der Waals surface area (Å²) >= 11 is 6.17. The maximum Gasteiger partial charge on any atom is 0.417 e. The van der Waals surface area contributed by atoms with E-state index in [1.165, 1.54) is 118 Å². The Kier molecular flexibility index (Phi) is 29.7. The van der Waals surface area contributed by atoms with Crippen LogP contribution in [0.1, 0.15) is 140 Å². The summed E-state index contributed by atoms with van der Waals surface area (Å²) in [6.45, 7) is 13.4. The van der Waals surface area contributed by atoms with Crippen molar-refractivity contribution in [1.29, 1.82) is 0 Å². The Morgan fingerprint density at radius 3 is 1.82 bits per heavy atom. The fourth-order valence-electron chi connectivity index (χ4n) is 13.9. The minimum absolute atomic E-state index is 0.0220. The summed E-state index contributed by atoms with van der Waals surface area (Å²) in [5.74, 6) is -11.3. The van der Waals surface area contributed by atoms with Gasteiger partial charge in [-0.1, -0.05) is 133 Å². The quantitative estimate of drug-likeness (QED) is 0.150. The average Bonchev–Trinajstić information content (AvgIpc) is 1.73. The molecule has 0 radical (unpaired) electrons. The number of benzene rings is 3. The van der Waals surface area contributed by atoms with Gasteiger partial charge in [0.15, 0.2) is 0 Å². The predicted molar refractivity (Wildman–Crippen MR) is 387 cm³/mol. The summed E-state index contributed by atoms with van der Waals surface area (Å²) in [7, 11) is 12.3. The van der Waals surface area contributed by atoms with E-state index < -0.39 is 185 Å². The third-order valence-corrected chi connectivity index (χ3v) is 21.7. The van der Waals surface area contributed by atoms with Crippen molar-refractivity contribution in [3.05, 3.63) is 105 Å². The molecule has 0 bridgehead atoms. The lowest BCUT2D eigenvalue weighted by Crippen LogP contribution is -2.65. The summed E-state index contributed by atoms with van der Waals surface area (Å²) in [4.78, 5) is 191. The topological polar surface area (TPSA) is 270 Å². The lowest BCUT2D eigenvalue weighted by molar-refractivity contribution is -0.160. The molecule has 1 aliphatic carbocycles. The van der Waals surface area contributed by atoms with E-state index in [1.54, 1.807) is 32.9 Å². The van der Waals surface area contributed by atoms with Gasteiger partial charge in [0, 0.05) is 82.8 Å². The smallest absolute Gasteiger partial charge is 0.347 e. The lowest BCUT2D eigenvalue weighted by atomic mass is 9.90. The monoisotopic (exact) mass is 1490 g/mol. The second kappa shape index (κ2) is 36.5. The SMILES string of the molecule is CC[C@H](C)[C@@H]1NC(=O)[C@H](CC(C)C)N(C)C(=O)C[C@@H](C(=O)N(C)C)N(C)C(=O)[C@H]([C@@H](C)CC)N(C)C(=O)C2(CCCC2)NC(=O)[C@H](Cc2ccccc2F)N(C)C(=O)[C@H](CCc2ccc(C(F)(F)F)c(Cl)c2)NC(=O)CN(C)C(=O)[C@H](Cc2ccc(C)cc2)N(C)C(=O)C2CCN2C(=O)[C@H](C)N(C)C1=O. The summed E-state index contributed by atoms with van der Waals surface area (Å²) in [5.41, 5.74) is -1.24. The second-order valence-electron chi connectivity index (χ2n) is 29.5. The second-order valence-corrected chi connectivity index (χ2v) is 29.9. The maximum absolute atomic E-state index is 16.0. The van der Waals surface area contributed by atoms with Crippen LogP contribution in [0.25, 0.3) is 0 Å². The van der Waals surface area contributed by atoms with E-state index in [0.29, 0.717) is 31.2 Å². The molecule has 2 aliphatic heterocycles. The Labute approximate surface area is 619 Å². The van der Waals surface area contributed by atoms with E-state index >= 15 is 28.4 Å². The number of nitrogens with one attached hydrogen (secondary N) is 3. The van der Waals surface area contributed by atoms with E-state index in [0.717, 1.165) is 44.5 Å². The van der Waals surface area contributed by atoms with Crippen molar-refractivity contribution in [3.8, 4) is 0 Å². The molecule has 29 heteroatoms. The van der Waals surface area contributed by atoms with Crippen LogP contribution < -0.4 is 16.0 Å². The first kappa shape index (κ1) is 85.2. The minimum atomic E-state index is -4.82. The first-order valence-corrected chi connectivity index (χ1v) is 36.4. The van der Waals surface area contributed by atoms with Crippen molar-refractivity contribution >= 4 is 82.5 Å². The molecule has 6 rings (SSSR count). The Balaban J connectivity index is 1.51. The summed E-state index contributed by atoms with van der Waals surface area (Å²) in [6, 6.07) is 3.20.